The van der Waals surface area contributed by atoms with Crippen LogP contribution in [0.15, 0.2) is 108 Å². The molecule has 1 aliphatic rings. The summed E-state index contributed by atoms with van der Waals surface area (Å²) in [5, 5.41) is 3.53. The fourth-order valence-corrected chi connectivity index (χ4v) is 9.46. The molecule has 0 atom stereocenters. The number of fused-ring (bicyclic) bond motifs is 4. The van der Waals surface area contributed by atoms with Crippen LogP contribution in [0.5, 0.6) is 0 Å². The van der Waals surface area contributed by atoms with Gasteiger partial charge in [-0.15, -0.1) is 42.0 Å². The van der Waals surface area contributed by atoms with Gasteiger partial charge in [0.25, 0.3) is 0 Å². The molecule has 1 saturated carbocycles. The number of pyridine rings is 3. The van der Waals surface area contributed by atoms with E-state index < -0.39 is 8.07 Å². The zero-order valence-corrected chi connectivity index (χ0v) is 36.8. The summed E-state index contributed by atoms with van der Waals surface area (Å²) in [7, 11) is -1.35. The van der Waals surface area contributed by atoms with E-state index in [1.807, 2.05) is 55.6 Å². The second kappa shape index (κ2) is 16.0. The van der Waals surface area contributed by atoms with Gasteiger partial charge < -0.3 is 19.0 Å². The molecular weight excluding hydrogens is 883 g/mol. The first-order valence-electron chi connectivity index (χ1n) is 19.6. The van der Waals surface area contributed by atoms with Crippen molar-refractivity contribution in [1.82, 2.24) is 24.5 Å². The smallest absolute Gasteiger partial charge is 0.141 e. The van der Waals surface area contributed by atoms with Crippen molar-refractivity contribution in [3.8, 4) is 28.3 Å². The van der Waals surface area contributed by atoms with Crippen LogP contribution in [0.25, 0.3) is 61.4 Å². The average molecular weight is 932 g/mol. The number of nitrogens with zero attached hydrogens (tertiary/aromatic N) is 5. The fraction of sp³-hybridized carbons (Fsp3) is 0.292. The van der Waals surface area contributed by atoms with Crippen LogP contribution in [0.2, 0.25) is 19.6 Å². The quantitative estimate of drug-likeness (QED) is 0.123. The molecule has 0 spiro atoms. The van der Waals surface area contributed by atoms with Crippen molar-refractivity contribution in [2.45, 2.75) is 84.9 Å². The van der Waals surface area contributed by atoms with Gasteiger partial charge in [-0.05, 0) is 77.0 Å². The van der Waals surface area contributed by atoms with Crippen molar-refractivity contribution >= 4 is 46.4 Å². The van der Waals surface area contributed by atoms with E-state index in [4.69, 9.17) is 14.4 Å². The number of rotatable bonds is 6. The Kier molecular flexibility index (Phi) is 11.3. The van der Waals surface area contributed by atoms with Crippen molar-refractivity contribution < 1.29 is 24.5 Å². The number of aromatic nitrogens is 5. The summed E-state index contributed by atoms with van der Waals surface area (Å²) in [5.74, 6) is 1.66. The average Bonchev–Trinajstić information content (AvgIpc) is 3.92. The molecule has 0 aliphatic heterocycles. The molecule has 8 heteroatoms. The van der Waals surface area contributed by atoms with Crippen LogP contribution in [-0.2, 0) is 31.9 Å². The van der Waals surface area contributed by atoms with Crippen LogP contribution in [0, 0.1) is 25.1 Å². The number of furan rings is 1. The summed E-state index contributed by atoms with van der Waals surface area (Å²) in [5.41, 5.74) is 11.1. The number of aryl methyl sites for hydroxylation is 1. The maximum absolute atomic E-state index is 5.90. The molecule has 0 unspecified atom stereocenters. The minimum absolute atomic E-state index is 0. The van der Waals surface area contributed by atoms with Crippen molar-refractivity contribution in [1.29, 1.82) is 0 Å². The zero-order valence-electron chi connectivity index (χ0n) is 33.4. The SMILES string of the molecule is C[Si](C)(C)c1cnc(-c2[c-]cccc2)cc1CC1CCCC1.Cc1cc2nc(-c3[c-]nc4oc5ccccc5c4c3)n(-c3ccc(C(C)(C)C)cc3)c2cn1.[Ir]. The van der Waals surface area contributed by atoms with Crippen LogP contribution in [0.3, 0.4) is 0 Å². The van der Waals surface area contributed by atoms with Gasteiger partial charge in [0.05, 0.1) is 31.1 Å². The third-order valence-corrected chi connectivity index (χ3v) is 12.9. The number of hydrogen-bond donors (Lipinski definition) is 0. The van der Waals surface area contributed by atoms with Gasteiger partial charge >= 0.3 is 0 Å². The van der Waals surface area contributed by atoms with Crippen molar-refractivity contribution in [2.24, 2.45) is 5.92 Å². The third-order valence-electron chi connectivity index (χ3n) is 10.9. The Hall–Kier alpha value is -4.75. The van der Waals surface area contributed by atoms with Gasteiger partial charge in [0, 0.05) is 43.1 Å². The second-order valence-corrected chi connectivity index (χ2v) is 22.1. The summed E-state index contributed by atoms with van der Waals surface area (Å²) >= 11 is 0. The fourth-order valence-electron chi connectivity index (χ4n) is 7.87. The van der Waals surface area contributed by atoms with E-state index in [-0.39, 0.29) is 25.5 Å². The Morgan fingerprint density at radius 2 is 1.59 bits per heavy atom. The van der Waals surface area contributed by atoms with E-state index in [1.54, 1.807) is 10.8 Å². The molecule has 0 N–H and O–H groups in total. The Bertz CT molecular complexity index is 2610. The van der Waals surface area contributed by atoms with Crippen LogP contribution < -0.4 is 5.19 Å². The molecule has 1 radical (unpaired) electrons. The largest absolute Gasteiger partial charge is 0.483 e. The van der Waals surface area contributed by atoms with Gasteiger partial charge in [0.1, 0.15) is 11.3 Å². The molecule has 56 heavy (non-hydrogen) atoms. The van der Waals surface area contributed by atoms with Gasteiger partial charge in [-0.1, -0.05) is 114 Å². The maximum Gasteiger partial charge on any atom is 0.141 e. The molecule has 0 amide bonds. The Morgan fingerprint density at radius 1 is 0.839 bits per heavy atom. The van der Waals surface area contributed by atoms with E-state index in [9.17, 15) is 0 Å². The zero-order chi connectivity index (χ0) is 38.3. The van der Waals surface area contributed by atoms with Crippen molar-refractivity contribution in [3.05, 3.63) is 132 Å². The number of hydrogen-bond acceptors (Lipinski definition) is 5. The standard InChI is InChI=1S/C28H23N4O.C20H26NSi.Ir/c1-17-13-23-24(16-29-17)32(20-11-9-19(10-12-20)28(2,3)4)26(31-23)18-14-22-21-7-5-6-8-25(21)33-27(22)30-15-18;1-22(2,3)20-15-21-19(17-11-5-4-6-12-17)14-18(20)13-16-9-7-8-10-16;/h5-14,16H,1-4H3;4-6,11,14-16H,7-10,13H2,1-3H3;/q2*-1;. The molecule has 5 heterocycles. The Balaban J connectivity index is 0.000000183. The molecule has 0 bridgehead atoms. The molecule has 3 aromatic carbocycles. The first-order valence-corrected chi connectivity index (χ1v) is 23.1. The van der Waals surface area contributed by atoms with Crippen LogP contribution in [-0.4, -0.2) is 32.6 Å². The summed E-state index contributed by atoms with van der Waals surface area (Å²) in [4.78, 5) is 18.8. The third kappa shape index (κ3) is 8.20. The summed E-state index contributed by atoms with van der Waals surface area (Å²) in [6, 6.07) is 34.5. The molecule has 8 aromatic rings. The molecule has 9 rings (SSSR count). The van der Waals surface area contributed by atoms with Gasteiger partial charge in [0.2, 0.25) is 0 Å². The van der Waals surface area contributed by atoms with Crippen LogP contribution in [0.1, 0.15) is 63.3 Å². The maximum atomic E-state index is 5.90. The van der Waals surface area contributed by atoms with Gasteiger partial charge in [-0.3, -0.25) is 9.97 Å². The molecule has 1 aliphatic carbocycles. The minimum atomic E-state index is -1.35. The Labute approximate surface area is 345 Å². The molecule has 0 saturated heterocycles. The molecule has 5 aromatic heterocycles. The first kappa shape index (κ1) is 39.5. The van der Waals surface area contributed by atoms with E-state index in [0.29, 0.717) is 5.71 Å². The monoisotopic (exact) mass is 932 g/mol. The van der Waals surface area contributed by atoms with Crippen LogP contribution in [0.4, 0.5) is 0 Å². The Morgan fingerprint density at radius 3 is 2.30 bits per heavy atom. The van der Waals surface area contributed by atoms with Gasteiger partial charge in [0.15, 0.2) is 0 Å². The molecule has 6 nitrogen and oxygen atoms in total. The predicted octanol–water partition coefficient (Wildman–Crippen LogP) is 11.6. The minimum Gasteiger partial charge on any atom is -0.483 e. The number of imidazole rings is 1. The second-order valence-electron chi connectivity index (χ2n) is 17.1. The molecule has 287 valence electrons. The summed E-state index contributed by atoms with van der Waals surface area (Å²) < 4.78 is 8.03. The van der Waals surface area contributed by atoms with E-state index in [1.165, 1.54) is 37.7 Å². The summed E-state index contributed by atoms with van der Waals surface area (Å²) in [6.07, 6.45) is 14.1. The van der Waals surface area contributed by atoms with Crippen molar-refractivity contribution in [3.63, 3.8) is 0 Å². The molecule has 1 fully saturated rings. The van der Waals surface area contributed by atoms with Crippen LogP contribution >= 0.6 is 0 Å². The number of benzene rings is 3. The topological polar surface area (TPSA) is 69.6 Å². The predicted molar refractivity (Wildman–Crippen MR) is 229 cm³/mol. The van der Waals surface area contributed by atoms with Crippen molar-refractivity contribution in [2.75, 3.05) is 0 Å². The van der Waals surface area contributed by atoms with E-state index in [0.717, 1.165) is 67.3 Å². The van der Waals surface area contributed by atoms with E-state index >= 15 is 0 Å². The normalized spacial score (nSPS) is 13.6. The van der Waals surface area contributed by atoms with Gasteiger partial charge in [-0.25, -0.2) is 0 Å². The van der Waals surface area contributed by atoms with Gasteiger partial charge in [-0.2, -0.15) is 0 Å². The number of para-hydroxylation sites is 1. The van der Waals surface area contributed by atoms with E-state index in [2.05, 4.69) is 122 Å². The molecular formula is C48H49IrN5OSi-2. The first-order chi connectivity index (χ1) is 26.4. The summed E-state index contributed by atoms with van der Waals surface area (Å²) in [6.45, 7) is 15.9.